The highest BCUT2D eigenvalue weighted by atomic mass is 28.3. The summed E-state index contributed by atoms with van der Waals surface area (Å²) in [5.74, 6) is 0.761. The number of fused-ring (bicyclic) bond motifs is 3. The Morgan fingerprint density at radius 1 is 0.316 bits per heavy atom. The standard InChI is InChI=1S/C54H40N2Si/c1-57(2)50-30-13-12-29-49(50)51-52(48-35-46(38-19-8-4-9-20-38)34-47(36-48)39-21-10-5-11-22-39)55-53(56-54(51)57)45-28-16-27-44(33-45)43-26-15-25-42(32-43)41-24-14-23-40(31-41)37-17-6-3-7-18-37/h3-36H,1-2H3. The molecule has 1 aliphatic heterocycles. The van der Waals surface area contributed by atoms with Crippen LogP contribution in [0.3, 0.4) is 0 Å². The van der Waals surface area contributed by atoms with E-state index in [1.807, 2.05) is 0 Å². The molecular formula is C54H40N2Si. The van der Waals surface area contributed by atoms with E-state index < -0.39 is 8.07 Å². The van der Waals surface area contributed by atoms with Crippen LogP contribution in [0.15, 0.2) is 206 Å². The lowest BCUT2D eigenvalue weighted by atomic mass is 9.92. The fourth-order valence-corrected chi connectivity index (χ4v) is 11.4. The molecule has 0 spiro atoms. The van der Waals surface area contributed by atoms with Crippen LogP contribution in [0.1, 0.15) is 0 Å². The third kappa shape index (κ3) is 6.42. The zero-order valence-corrected chi connectivity index (χ0v) is 33.0. The summed E-state index contributed by atoms with van der Waals surface area (Å²) in [5, 5.41) is 2.61. The van der Waals surface area contributed by atoms with Crippen LogP contribution in [0, 0.1) is 0 Å². The maximum absolute atomic E-state index is 5.57. The van der Waals surface area contributed by atoms with Crippen molar-refractivity contribution in [2.24, 2.45) is 0 Å². The third-order valence-corrected chi connectivity index (χ3v) is 14.7. The molecule has 0 atom stereocenters. The largest absolute Gasteiger partial charge is 0.237 e. The van der Waals surface area contributed by atoms with E-state index in [4.69, 9.17) is 9.97 Å². The summed E-state index contributed by atoms with van der Waals surface area (Å²) in [6.45, 7) is 4.87. The molecule has 1 aliphatic rings. The number of hydrogen-bond donors (Lipinski definition) is 0. The Morgan fingerprint density at radius 2 is 0.684 bits per heavy atom. The Labute approximate surface area is 335 Å². The van der Waals surface area contributed by atoms with E-state index in [2.05, 4.69) is 219 Å². The molecule has 2 nitrogen and oxygen atoms in total. The molecule has 0 amide bonds. The molecule has 0 bridgehead atoms. The van der Waals surface area contributed by atoms with Crippen molar-refractivity contribution in [3.05, 3.63) is 206 Å². The molecule has 0 unspecified atom stereocenters. The van der Waals surface area contributed by atoms with E-state index in [1.54, 1.807) is 0 Å². The molecular weight excluding hydrogens is 705 g/mol. The summed E-state index contributed by atoms with van der Waals surface area (Å²) in [7, 11) is -2.17. The van der Waals surface area contributed by atoms with Gasteiger partial charge >= 0.3 is 0 Å². The molecule has 270 valence electrons. The second-order valence-corrected chi connectivity index (χ2v) is 19.7. The number of rotatable bonds is 7. The minimum absolute atomic E-state index is 0.761. The first-order valence-corrected chi connectivity index (χ1v) is 22.6. The molecule has 0 N–H and O–H groups in total. The monoisotopic (exact) mass is 744 g/mol. The van der Waals surface area contributed by atoms with E-state index in [0.29, 0.717) is 0 Å². The highest BCUT2D eigenvalue weighted by Gasteiger charge is 2.41. The Hall–Kier alpha value is -6.94. The van der Waals surface area contributed by atoms with Gasteiger partial charge in [-0.15, -0.1) is 0 Å². The normalized spacial score (nSPS) is 12.5. The van der Waals surface area contributed by atoms with Gasteiger partial charge in [0.25, 0.3) is 0 Å². The second-order valence-electron chi connectivity index (χ2n) is 15.4. The number of benzene rings is 8. The Kier molecular flexibility index (Phi) is 8.66. The molecule has 0 aliphatic carbocycles. The number of aromatic nitrogens is 2. The third-order valence-electron chi connectivity index (χ3n) is 11.4. The molecule has 2 heterocycles. The molecule has 3 heteroatoms. The summed E-state index contributed by atoms with van der Waals surface area (Å²) in [4.78, 5) is 11.1. The Morgan fingerprint density at radius 3 is 1.21 bits per heavy atom. The van der Waals surface area contributed by atoms with Gasteiger partial charge in [0, 0.05) is 22.0 Å². The maximum atomic E-state index is 5.57. The van der Waals surface area contributed by atoms with Crippen LogP contribution >= 0.6 is 0 Å². The maximum Gasteiger partial charge on any atom is 0.159 e. The van der Waals surface area contributed by atoms with Crippen LogP contribution in [-0.4, -0.2) is 18.0 Å². The van der Waals surface area contributed by atoms with Gasteiger partial charge in [0.15, 0.2) is 5.82 Å². The van der Waals surface area contributed by atoms with Crippen LogP contribution in [-0.2, 0) is 0 Å². The minimum atomic E-state index is -2.17. The molecule has 9 aromatic rings. The summed E-state index contributed by atoms with van der Waals surface area (Å²) in [6.07, 6.45) is 0. The second kappa shape index (κ2) is 14.3. The van der Waals surface area contributed by atoms with Crippen LogP contribution in [0.25, 0.3) is 89.4 Å². The number of nitrogens with zero attached hydrogens (tertiary/aromatic N) is 2. The van der Waals surface area contributed by atoms with Crippen molar-refractivity contribution in [2.75, 3.05) is 0 Å². The lowest BCUT2D eigenvalue weighted by Gasteiger charge is -2.19. The minimum Gasteiger partial charge on any atom is -0.237 e. The van der Waals surface area contributed by atoms with Crippen molar-refractivity contribution in [1.82, 2.24) is 9.97 Å². The molecule has 57 heavy (non-hydrogen) atoms. The van der Waals surface area contributed by atoms with E-state index in [9.17, 15) is 0 Å². The first kappa shape index (κ1) is 34.5. The summed E-state index contributed by atoms with van der Waals surface area (Å²) in [6, 6.07) is 74.2. The van der Waals surface area contributed by atoms with Gasteiger partial charge in [0.1, 0.15) is 8.07 Å². The molecule has 1 aromatic heterocycles. The van der Waals surface area contributed by atoms with Crippen LogP contribution in [0.4, 0.5) is 0 Å². The highest BCUT2D eigenvalue weighted by molar-refractivity contribution is 7.03. The summed E-state index contributed by atoms with van der Waals surface area (Å²) < 4.78 is 0. The van der Waals surface area contributed by atoms with Gasteiger partial charge in [-0.3, -0.25) is 0 Å². The van der Waals surface area contributed by atoms with Crippen LogP contribution in [0.5, 0.6) is 0 Å². The summed E-state index contributed by atoms with van der Waals surface area (Å²) >= 11 is 0. The fraction of sp³-hybridized carbons (Fsp3) is 0.0370. The molecule has 0 fully saturated rings. The van der Waals surface area contributed by atoms with E-state index >= 15 is 0 Å². The smallest absolute Gasteiger partial charge is 0.159 e. The van der Waals surface area contributed by atoms with Crippen molar-refractivity contribution in [3.63, 3.8) is 0 Å². The quantitative estimate of drug-likeness (QED) is 0.152. The zero-order valence-electron chi connectivity index (χ0n) is 32.0. The van der Waals surface area contributed by atoms with Gasteiger partial charge in [0.2, 0.25) is 0 Å². The molecule has 0 radical (unpaired) electrons. The van der Waals surface area contributed by atoms with Gasteiger partial charge in [-0.1, -0.05) is 183 Å². The van der Waals surface area contributed by atoms with Crippen molar-refractivity contribution in [3.8, 4) is 89.4 Å². The van der Waals surface area contributed by atoms with Crippen LogP contribution in [0.2, 0.25) is 13.1 Å². The average molecular weight is 745 g/mol. The van der Waals surface area contributed by atoms with Crippen molar-refractivity contribution < 1.29 is 0 Å². The Bertz CT molecular complexity index is 2860. The van der Waals surface area contributed by atoms with Gasteiger partial charge in [-0.25, -0.2) is 9.97 Å². The predicted molar refractivity (Wildman–Crippen MR) is 242 cm³/mol. The fourth-order valence-electron chi connectivity index (χ4n) is 8.46. The summed E-state index contributed by atoms with van der Waals surface area (Å²) in [5.41, 5.74) is 17.3. The number of hydrogen-bond acceptors (Lipinski definition) is 2. The van der Waals surface area contributed by atoms with E-state index in [-0.39, 0.29) is 0 Å². The first-order chi connectivity index (χ1) is 28.0. The van der Waals surface area contributed by atoms with Crippen molar-refractivity contribution in [2.45, 2.75) is 13.1 Å². The van der Waals surface area contributed by atoms with Crippen molar-refractivity contribution >= 4 is 18.6 Å². The first-order valence-electron chi connectivity index (χ1n) is 19.6. The van der Waals surface area contributed by atoms with Crippen LogP contribution < -0.4 is 10.5 Å². The van der Waals surface area contributed by atoms with Gasteiger partial charge in [-0.05, 0) is 103 Å². The molecule has 0 saturated carbocycles. The average Bonchev–Trinajstić information content (AvgIpc) is 3.52. The van der Waals surface area contributed by atoms with Gasteiger partial charge < -0.3 is 0 Å². The molecule has 0 saturated heterocycles. The van der Waals surface area contributed by atoms with Gasteiger partial charge in [0.05, 0.1) is 5.69 Å². The lowest BCUT2D eigenvalue weighted by molar-refractivity contribution is 1.21. The molecule has 10 rings (SSSR count). The topological polar surface area (TPSA) is 25.8 Å². The van der Waals surface area contributed by atoms with Crippen molar-refractivity contribution in [1.29, 1.82) is 0 Å². The lowest BCUT2D eigenvalue weighted by Crippen LogP contribution is -2.50. The van der Waals surface area contributed by atoms with E-state index in [0.717, 1.165) is 33.8 Å². The SMILES string of the molecule is C[Si]1(C)c2ccccc2-c2c(-c3cc(-c4ccccc4)cc(-c4ccccc4)c3)nc(-c3cccc(-c4cccc(-c5cccc(-c6ccccc6)c5)c4)c3)nc21. The molecule has 8 aromatic carbocycles. The predicted octanol–water partition coefficient (Wildman–Crippen LogP) is 12.9. The highest BCUT2D eigenvalue weighted by Crippen LogP contribution is 2.40. The van der Waals surface area contributed by atoms with Gasteiger partial charge in [-0.2, -0.15) is 0 Å². The zero-order chi connectivity index (χ0) is 38.3. The van der Waals surface area contributed by atoms with E-state index in [1.165, 1.54) is 66.1 Å². The Balaban J connectivity index is 1.13.